The molecule has 0 spiro atoms. The van der Waals surface area contributed by atoms with Gasteiger partial charge in [0.05, 0.1) is 33.7 Å². The van der Waals surface area contributed by atoms with Crippen LogP contribution >= 0.6 is 27.3 Å². The second-order valence-electron chi connectivity index (χ2n) is 7.44. The number of nitrogens with zero attached hydrogens (tertiary/aromatic N) is 3. The Hall–Kier alpha value is -3.08. The summed E-state index contributed by atoms with van der Waals surface area (Å²) in [6, 6.07) is 21.0. The number of carbonyl (C=O) groups is 1. The Kier molecular flexibility index (Phi) is 7.94. The van der Waals surface area contributed by atoms with Gasteiger partial charge in [0.25, 0.3) is 5.91 Å². The number of halogens is 1. The maximum absolute atomic E-state index is 13.2. The summed E-state index contributed by atoms with van der Waals surface area (Å²) in [5.41, 5.74) is 1.48. The number of fused-ring (bicyclic) bond motifs is 1. The summed E-state index contributed by atoms with van der Waals surface area (Å²) < 4.78 is 32.6. The van der Waals surface area contributed by atoms with Gasteiger partial charge in [-0.3, -0.25) is 4.79 Å². The van der Waals surface area contributed by atoms with Crippen LogP contribution in [0.3, 0.4) is 0 Å². The van der Waals surface area contributed by atoms with Crippen molar-refractivity contribution < 1.29 is 17.9 Å². The van der Waals surface area contributed by atoms with Crippen LogP contribution < -0.4 is 9.75 Å². The number of thiazole rings is 1. The number of amides is 1. The summed E-state index contributed by atoms with van der Waals surface area (Å²) in [6.45, 7) is 2.47. The van der Waals surface area contributed by atoms with Gasteiger partial charge in [-0.15, -0.1) is 0 Å². The Morgan fingerprint density at radius 3 is 2.57 bits per heavy atom. The normalized spacial score (nSPS) is 11.7. The number of rotatable bonds is 9. The molecule has 35 heavy (non-hydrogen) atoms. The Morgan fingerprint density at radius 1 is 1.11 bits per heavy atom. The van der Waals surface area contributed by atoms with E-state index >= 15 is 0 Å². The van der Waals surface area contributed by atoms with E-state index in [0.29, 0.717) is 11.7 Å². The molecule has 0 aliphatic heterocycles. The number of benzene rings is 3. The summed E-state index contributed by atoms with van der Waals surface area (Å²) >= 11 is 4.75. The topological polar surface area (TPSA) is 88.9 Å². The van der Waals surface area contributed by atoms with E-state index in [-0.39, 0.29) is 17.1 Å². The van der Waals surface area contributed by atoms with Crippen molar-refractivity contribution >= 4 is 64.6 Å². The summed E-state index contributed by atoms with van der Waals surface area (Å²) in [6.07, 6.45) is 1.30. The first-order chi connectivity index (χ1) is 16.9. The lowest BCUT2D eigenvalue weighted by Crippen LogP contribution is -2.27. The van der Waals surface area contributed by atoms with Gasteiger partial charge in [-0.25, -0.2) is 13.4 Å². The van der Waals surface area contributed by atoms with Crippen molar-refractivity contribution in [2.75, 3.05) is 17.4 Å². The van der Waals surface area contributed by atoms with Gasteiger partial charge in [0.1, 0.15) is 5.75 Å². The molecular weight excluding hydrogens is 550 g/mol. The highest BCUT2D eigenvalue weighted by molar-refractivity contribution is 9.10. The first kappa shape index (κ1) is 25.0. The van der Waals surface area contributed by atoms with Crippen LogP contribution in [0.5, 0.6) is 5.75 Å². The van der Waals surface area contributed by atoms with E-state index in [2.05, 4.69) is 26.0 Å². The zero-order chi connectivity index (χ0) is 24.8. The highest BCUT2D eigenvalue weighted by Crippen LogP contribution is 2.31. The molecule has 4 rings (SSSR count). The maximum atomic E-state index is 13.2. The number of carbonyl (C=O) groups excluding carboxylic acids is 1. The molecule has 0 saturated heterocycles. The zero-order valence-electron chi connectivity index (χ0n) is 18.8. The largest absolute Gasteiger partial charge is 0.494 e. The van der Waals surface area contributed by atoms with Gasteiger partial charge in [-0.05, 0) is 67.1 Å². The molecule has 0 fully saturated rings. The number of ether oxygens (including phenoxy) is 1. The molecule has 4 aromatic rings. The number of sulfone groups is 1. The van der Waals surface area contributed by atoms with Crippen LogP contribution in [0.25, 0.3) is 10.2 Å². The van der Waals surface area contributed by atoms with Crippen molar-refractivity contribution in [3.63, 3.8) is 0 Å². The van der Waals surface area contributed by atoms with Gasteiger partial charge in [0.2, 0.25) is 5.13 Å². The molecule has 0 radical (unpaired) electrons. The molecule has 0 aliphatic rings. The highest BCUT2D eigenvalue weighted by Gasteiger charge is 2.23. The number of aromatic nitrogens is 1. The quantitative estimate of drug-likeness (QED) is 0.190. The molecule has 1 aromatic heterocycles. The second kappa shape index (κ2) is 11.1. The SMILES string of the molecule is CCOc1ccc(/C=N/N(C(=O)CCS(=O)(=O)c2ccccc2)c2nc3ccc(Br)cc3s2)cc1. The Labute approximate surface area is 216 Å². The Bertz CT molecular complexity index is 1450. The van der Waals surface area contributed by atoms with Crippen molar-refractivity contribution in [2.24, 2.45) is 5.10 Å². The van der Waals surface area contributed by atoms with Crippen LogP contribution in [0.15, 0.2) is 87.3 Å². The molecule has 0 N–H and O–H groups in total. The zero-order valence-corrected chi connectivity index (χ0v) is 22.0. The highest BCUT2D eigenvalue weighted by atomic mass is 79.9. The lowest BCUT2D eigenvalue weighted by Gasteiger charge is -2.14. The van der Waals surface area contributed by atoms with Gasteiger partial charge in [0, 0.05) is 10.9 Å². The summed E-state index contributed by atoms with van der Waals surface area (Å²) in [5, 5.41) is 5.93. The van der Waals surface area contributed by atoms with Gasteiger partial charge in [-0.2, -0.15) is 10.1 Å². The number of hydrogen-bond acceptors (Lipinski definition) is 7. The molecule has 0 aliphatic carbocycles. The van der Waals surface area contributed by atoms with E-state index in [0.717, 1.165) is 26.0 Å². The second-order valence-corrected chi connectivity index (χ2v) is 11.5. The fraction of sp³-hybridized carbons (Fsp3) is 0.160. The average Bonchev–Trinajstić information content (AvgIpc) is 3.27. The molecule has 3 aromatic carbocycles. The van der Waals surface area contributed by atoms with E-state index in [1.54, 1.807) is 24.4 Å². The van der Waals surface area contributed by atoms with E-state index in [9.17, 15) is 13.2 Å². The van der Waals surface area contributed by atoms with Crippen molar-refractivity contribution in [3.05, 3.63) is 82.8 Å². The van der Waals surface area contributed by atoms with Crippen LogP contribution in [0.1, 0.15) is 18.9 Å². The van der Waals surface area contributed by atoms with Crippen LogP contribution in [0.4, 0.5) is 5.13 Å². The third kappa shape index (κ3) is 6.33. The van der Waals surface area contributed by atoms with E-state index < -0.39 is 15.7 Å². The number of hydrogen-bond donors (Lipinski definition) is 0. The fourth-order valence-electron chi connectivity index (χ4n) is 3.21. The van der Waals surface area contributed by atoms with Gasteiger partial charge in [-0.1, -0.05) is 45.5 Å². The Balaban J connectivity index is 1.60. The van der Waals surface area contributed by atoms with Gasteiger partial charge < -0.3 is 4.74 Å². The first-order valence-electron chi connectivity index (χ1n) is 10.8. The molecule has 0 saturated carbocycles. The molecule has 180 valence electrons. The standard InChI is InChI=1S/C25H22BrN3O4S2/c1-2-33-20-11-8-18(9-12-20)17-27-29(25-28-22-13-10-19(26)16-23(22)34-25)24(30)14-15-35(31,32)21-6-4-3-5-7-21/h3-13,16-17H,2,14-15H2,1H3/b27-17+. The minimum absolute atomic E-state index is 0.182. The molecular formula is C25H22BrN3O4S2. The molecule has 1 heterocycles. The third-order valence-corrected chi connectivity index (χ3v) is 8.18. The van der Waals surface area contributed by atoms with E-state index in [1.165, 1.54) is 28.5 Å². The molecule has 10 heteroatoms. The van der Waals surface area contributed by atoms with Crippen LogP contribution in [-0.2, 0) is 14.6 Å². The predicted molar refractivity (Wildman–Crippen MR) is 143 cm³/mol. The van der Waals surface area contributed by atoms with Crippen molar-refractivity contribution in [3.8, 4) is 5.75 Å². The summed E-state index contributed by atoms with van der Waals surface area (Å²) in [4.78, 5) is 17.9. The van der Waals surface area contributed by atoms with Gasteiger partial charge >= 0.3 is 0 Å². The van der Waals surface area contributed by atoms with Crippen LogP contribution in [0.2, 0.25) is 0 Å². The van der Waals surface area contributed by atoms with E-state index in [4.69, 9.17) is 4.74 Å². The molecule has 0 unspecified atom stereocenters. The third-order valence-electron chi connectivity index (χ3n) is 4.96. The van der Waals surface area contributed by atoms with Gasteiger partial charge in [0.15, 0.2) is 9.84 Å². The smallest absolute Gasteiger partial charge is 0.250 e. The van der Waals surface area contributed by atoms with Crippen molar-refractivity contribution in [2.45, 2.75) is 18.2 Å². The predicted octanol–water partition coefficient (Wildman–Crippen LogP) is 5.69. The fourth-order valence-corrected chi connectivity index (χ4v) is 5.96. The maximum Gasteiger partial charge on any atom is 0.250 e. The van der Waals surface area contributed by atoms with Crippen LogP contribution in [0, 0.1) is 0 Å². The van der Waals surface area contributed by atoms with E-state index in [1.807, 2.05) is 49.4 Å². The lowest BCUT2D eigenvalue weighted by molar-refractivity contribution is -0.118. The monoisotopic (exact) mass is 571 g/mol. The van der Waals surface area contributed by atoms with Crippen molar-refractivity contribution in [1.82, 2.24) is 4.98 Å². The molecule has 7 nitrogen and oxygen atoms in total. The van der Waals surface area contributed by atoms with Crippen LogP contribution in [-0.4, -0.2) is 37.9 Å². The molecule has 0 bridgehead atoms. The number of anilines is 1. The number of hydrazone groups is 1. The lowest BCUT2D eigenvalue weighted by atomic mass is 10.2. The average molecular weight is 573 g/mol. The molecule has 1 amide bonds. The Morgan fingerprint density at radius 2 is 1.86 bits per heavy atom. The minimum atomic E-state index is -3.62. The molecule has 0 atom stereocenters. The first-order valence-corrected chi connectivity index (χ1v) is 14.1. The summed E-state index contributed by atoms with van der Waals surface area (Å²) in [5.74, 6) is -0.0632. The van der Waals surface area contributed by atoms with Crippen molar-refractivity contribution in [1.29, 1.82) is 0 Å². The summed E-state index contributed by atoms with van der Waals surface area (Å²) in [7, 11) is -3.62. The minimum Gasteiger partial charge on any atom is -0.494 e.